The van der Waals surface area contributed by atoms with Gasteiger partial charge in [-0.05, 0) is 38.5 Å². The van der Waals surface area contributed by atoms with E-state index in [0.717, 1.165) is 22.2 Å². The number of benzene rings is 1. The van der Waals surface area contributed by atoms with Crippen LogP contribution in [0.15, 0.2) is 22.7 Å². The third kappa shape index (κ3) is 5.60. The maximum atomic E-state index is 11.7. The second-order valence-corrected chi connectivity index (χ2v) is 9.30. The summed E-state index contributed by atoms with van der Waals surface area (Å²) in [6.45, 7) is 7.15. The first-order valence-electron chi connectivity index (χ1n) is 6.99. The predicted octanol–water partition coefficient (Wildman–Crippen LogP) is 3.15. The van der Waals surface area contributed by atoms with Gasteiger partial charge < -0.3 is 10.1 Å². The molecule has 0 unspecified atom stereocenters. The van der Waals surface area contributed by atoms with Crippen molar-refractivity contribution >= 4 is 25.8 Å². The number of ether oxygens (including phenoxy) is 1. The molecule has 4 nitrogen and oxygen atoms in total. The number of hydrogen-bond donors (Lipinski definition) is 1. The molecule has 0 fully saturated rings. The van der Waals surface area contributed by atoms with Crippen molar-refractivity contribution in [2.75, 3.05) is 19.4 Å². The fourth-order valence-electron chi connectivity index (χ4n) is 1.67. The Morgan fingerprint density at radius 2 is 2.00 bits per heavy atom. The van der Waals surface area contributed by atoms with Gasteiger partial charge in [-0.1, -0.05) is 22.9 Å². The summed E-state index contributed by atoms with van der Waals surface area (Å²) in [5, 5.41) is 3.21. The van der Waals surface area contributed by atoms with Gasteiger partial charge in [0.15, 0.2) is 9.84 Å². The quantitative estimate of drug-likeness (QED) is 0.755. The number of hydrogen-bond acceptors (Lipinski definition) is 4. The molecule has 120 valence electrons. The zero-order valence-corrected chi connectivity index (χ0v) is 15.5. The Labute approximate surface area is 136 Å². The van der Waals surface area contributed by atoms with Crippen LogP contribution in [0.5, 0.6) is 5.75 Å². The molecule has 0 aliphatic rings. The van der Waals surface area contributed by atoms with Gasteiger partial charge >= 0.3 is 0 Å². The first kappa shape index (κ1) is 18.5. The molecule has 0 saturated heterocycles. The average molecular weight is 378 g/mol. The second-order valence-electron chi connectivity index (χ2n) is 5.74. The molecule has 0 radical (unpaired) electrons. The summed E-state index contributed by atoms with van der Waals surface area (Å²) in [7, 11) is -3.09. The van der Waals surface area contributed by atoms with Gasteiger partial charge in [0, 0.05) is 29.4 Å². The number of sulfone groups is 1. The zero-order valence-electron chi connectivity index (χ0n) is 13.1. The summed E-state index contributed by atoms with van der Waals surface area (Å²) in [4.78, 5) is 0. The maximum absolute atomic E-state index is 11.7. The van der Waals surface area contributed by atoms with Gasteiger partial charge in [-0.15, -0.1) is 0 Å². The standard InChI is InChI=1S/C15H24BrNO3S/c1-5-8-20-14-7-6-13(16)9-12(14)10-17-11-15(2,3)21(4,18)19/h6-7,9,17H,5,8,10-11H2,1-4H3. The van der Waals surface area contributed by atoms with Crippen molar-refractivity contribution in [1.29, 1.82) is 0 Å². The van der Waals surface area contributed by atoms with Gasteiger partial charge in [0.25, 0.3) is 0 Å². The third-order valence-electron chi connectivity index (χ3n) is 3.35. The molecule has 0 saturated carbocycles. The van der Waals surface area contributed by atoms with Crippen molar-refractivity contribution in [3.8, 4) is 5.75 Å². The van der Waals surface area contributed by atoms with Gasteiger partial charge in [-0.25, -0.2) is 8.42 Å². The molecule has 1 aromatic rings. The molecule has 0 bridgehead atoms. The third-order valence-corrected chi connectivity index (χ3v) is 6.00. The SMILES string of the molecule is CCCOc1ccc(Br)cc1CNCC(C)(C)S(C)(=O)=O. The summed E-state index contributed by atoms with van der Waals surface area (Å²) < 4.78 is 29.3. The summed E-state index contributed by atoms with van der Waals surface area (Å²) in [6, 6.07) is 5.86. The van der Waals surface area contributed by atoms with E-state index in [2.05, 4.69) is 28.2 Å². The largest absolute Gasteiger partial charge is 0.493 e. The van der Waals surface area contributed by atoms with Gasteiger partial charge in [-0.3, -0.25) is 0 Å². The normalized spacial score (nSPS) is 12.4. The summed E-state index contributed by atoms with van der Waals surface area (Å²) in [6.07, 6.45) is 2.22. The Kier molecular flexibility index (Phi) is 6.69. The Morgan fingerprint density at radius 3 is 2.57 bits per heavy atom. The maximum Gasteiger partial charge on any atom is 0.153 e. The molecule has 0 aliphatic heterocycles. The molecular formula is C15H24BrNO3S. The van der Waals surface area contributed by atoms with Crippen LogP contribution < -0.4 is 10.1 Å². The topological polar surface area (TPSA) is 55.4 Å². The lowest BCUT2D eigenvalue weighted by Gasteiger charge is -2.23. The molecule has 1 rings (SSSR count). The minimum Gasteiger partial charge on any atom is -0.493 e. The Bertz CT molecular complexity index is 570. The highest BCUT2D eigenvalue weighted by Gasteiger charge is 2.29. The van der Waals surface area contributed by atoms with Crippen LogP contribution in [0, 0.1) is 0 Å². The van der Waals surface area contributed by atoms with Crippen molar-refractivity contribution in [3.05, 3.63) is 28.2 Å². The number of rotatable bonds is 8. The summed E-state index contributed by atoms with van der Waals surface area (Å²) in [5.41, 5.74) is 1.02. The van der Waals surface area contributed by atoms with E-state index in [9.17, 15) is 8.42 Å². The van der Waals surface area contributed by atoms with E-state index in [0.29, 0.717) is 19.7 Å². The highest BCUT2D eigenvalue weighted by atomic mass is 79.9. The number of halogens is 1. The van der Waals surface area contributed by atoms with Crippen LogP contribution in [0.1, 0.15) is 32.8 Å². The van der Waals surface area contributed by atoms with E-state index in [1.54, 1.807) is 13.8 Å². The smallest absolute Gasteiger partial charge is 0.153 e. The fraction of sp³-hybridized carbons (Fsp3) is 0.600. The lowest BCUT2D eigenvalue weighted by atomic mass is 10.1. The monoisotopic (exact) mass is 377 g/mol. The van der Waals surface area contributed by atoms with Crippen LogP contribution in [0.4, 0.5) is 0 Å². The van der Waals surface area contributed by atoms with Crippen LogP contribution in [0.25, 0.3) is 0 Å². The molecule has 21 heavy (non-hydrogen) atoms. The summed E-state index contributed by atoms with van der Waals surface area (Å²) in [5.74, 6) is 0.838. The summed E-state index contributed by atoms with van der Waals surface area (Å²) >= 11 is 3.45. The molecule has 0 amide bonds. The first-order chi connectivity index (χ1) is 9.67. The lowest BCUT2D eigenvalue weighted by Crippen LogP contribution is -2.41. The van der Waals surface area contributed by atoms with Crippen molar-refractivity contribution in [3.63, 3.8) is 0 Å². The van der Waals surface area contributed by atoms with Gasteiger partial charge in [-0.2, -0.15) is 0 Å². The molecule has 6 heteroatoms. The zero-order chi connectivity index (χ0) is 16.1. The molecule has 0 heterocycles. The molecule has 0 aliphatic carbocycles. The fourth-order valence-corrected chi connectivity index (χ4v) is 2.44. The first-order valence-corrected chi connectivity index (χ1v) is 9.67. The second kappa shape index (κ2) is 7.61. The minimum absolute atomic E-state index is 0.394. The molecular weight excluding hydrogens is 354 g/mol. The van der Waals surface area contributed by atoms with E-state index in [1.165, 1.54) is 6.26 Å². The molecule has 1 aromatic carbocycles. The predicted molar refractivity (Wildman–Crippen MR) is 90.6 cm³/mol. The van der Waals surface area contributed by atoms with Crippen molar-refractivity contribution in [2.24, 2.45) is 0 Å². The van der Waals surface area contributed by atoms with Gasteiger partial charge in [0.2, 0.25) is 0 Å². The van der Waals surface area contributed by atoms with E-state index in [4.69, 9.17) is 4.74 Å². The Hall–Kier alpha value is -0.590. The van der Waals surface area contributed by atoms with Crippen molar-refractivity contribution < 1.29 is 13.2 Å². The van der Waals surface area contributed by atoms with Gasteiger partial charge in [0.1, 0.15) is 5.75 Å². The minimum atomic E-state index is -3.09. The molecule has 0 spiro atoms. The van der Waals surface area contributed by atoms with Crippen LogP contribution in [-0.2, 0) is 16.4 Å². The highest BCUT2D eigenvalue weighted by Crippen LogP contribution is 2.24. The van der Waals surface area contributed by atoms with E-state index in [1.807, 2.05) is 18.2 Å². The average Bonchev–Trinajstić information content (AvgIpc) is 2.36. The van der Waals surface area contributed by atoms with Crippen LogP contribution >= 0.6 is 15.9 Å². The van der Waals surface area contributed by atoms with E-state index < -0.39 is 14.6 Å². The van der Waals surface area contributed by atoms with Crippen molar-refractivity contribution in [2.45, 2.75) is 38.5 Å². The van der Waals surface area contributed by atoms with E-state index in [-0.39, 0.29) is 0 Å². The number of nitrogens with one attached hydrogen (secondary N) is 1. The molecule has 1 N–H and O–H groups in total. The van der Waals surface area contributed by atoms with Crippen molar-refractivity contribution in [1.82, 2.24) is 5.32 Å². The molecule has 0 aromatic heterocycles. The Balaban J connectivity index is 2.72. The van der Waals surface area contributed by atoms with Crippen LogP contribution in [-0.4, -0.2) is 32.6 Å². The van der Waals surface area contributed by atoms with Gasteiger partial charge in [0.05, 0.1) is 11.4 Å². The van der Waals surface area contributed by atoms with Crippen LogP contribution in [0.3, 0.4) is 0 Å². The van der Waals surface area contributed by atoms with Crippen LogP contribution in [0.2, 0.25) is 0 Å². The molecule has 0 atom stereocenters. The highest BCUT2D eigenvalue weighted by molar-refractivity contribution is 9.10. The van der Waals surface area contributed by atoms with E-state index >= 15 is 0 Å². The Morgan fingerprint density at radius 1 is 1.33 bits per heavy atom. The lowest BCUT2D eigenvalue weighted by molar-refractivity contribution is 0.313.